The van der Waals surface area contributed by atoms with Gasteiger partial charge in [-0.2, -0.15) is 0 Å². The number of aliphatic carboxylic acids is 2. The van der Waals surface area contributed by atoms with Crippen LogP contribution in [0.1, 0.15) is 24.0 Å². The molecule has 2 aromatic carbocycles. The molecular formula is C22H26O8. The van der Waals surface area contributed by atoms with Crippen molar-refractivity contribution >= 4 is 11.9 Å². The zero-order valence-electron chi connectivity index (χ0n) is 16.9. The Morgan fingerprint density at radius 2 is 1.37 bits per heavy atom. The Balaban J connectivity index is 2.30. The number of hydrogen-bond donors (Lipinski definition) is 4. The fourth-order valence-corrected chi connectivity index (χ4v) is 3.49. The molecule has 0 amide bonds. The van der Waals surface area contributed by atoms with Gasteiger partial charge >= 0.3 is 11.9 Å². The van der Waals surface area contributed by atoms with Crippen molar-refractivity contribution in [2.24, 2.45) is 11.8 Å². The Labute approximate surface area is 174 Å². The van der Waals surface area contributed by atoms with Crippen molar-refractivity contribution in [3.8, 4) is 23.0 Å². The number of ether oxygens (including phenoxy) is 2. The zero-order chi connectivity index (χ0) is 22.3. The molecule has 0 aliphatic heterocycles. The number of rotatable bonds is 11. The zero-order valence-corrected chi connectivity index (χ0v) is 16.9. The summed E-state index contributed by atoms with van der Waals surface area (Å²) >= 11 is 0. The van der Waals surface area contributed by atoms with E-state index in [2.05, 4.69) is 0 Å². The van der Waals surface area contributed by atoms with Crippen molar-refractivity contribution in [1.29, 1.82) is 0 Å². The van der Waals surface area contributed by atoms with E-state index in [1.54, 1.807) is 24.3 Å². The predicted octanol–water partition coefficient (Wildman–Crippen LogP) is 3.08. The summed E-state index contributed by atoms with van der Waals surface area (Å²) in [6, 6.07) is 9.45. The maximum atomic E-state index is 12.1. The molecule has 0 radical (unpaired) electrons. The highest BCUT2D eigenvalue weighted by molar-refractivity contribution is 5.71. The van der Waals surface area contributed by atoms with Crippen molar-refractivity contribution < 1.29 is 39.5 Å². The minimum absolute atomic E-state index is 0.0704. The Kier molecular flexibility index (Phi) is 7.91. The van der Waals surface area contributed by atoms with Gasteiger partial charge in [-0.1, -0.05) is 12.1 Å². The molecule has 30 heavy (non-hydrogen) atoms. The third kappa shape index (κ3) is 6.04. The molecule has 2 aromatic rings. The second kappa shape index (κ2) is 10.4. The maximum absolute atomic E-state index is 12.1. The fraction of sp³-hybridized carbons (Fsp3) is 0.364. The first-order chi connectivity index (χ1) is 14.2. The summed E-state index contributed by atoms with van der Waals surface area (Å²) in [4.78, 5) is 23.2. The predicted molar refractivity (Wildman–Crippen MR) is 108 cm³/mol. The van der Waals surface area contributed by atoms with Crippen molar-refractivity contribution in [3.05, 3.63) is 47.5 Å². The van der Waals surface area contributed by atoms with E-state index in [4.69, 9.17) is 14.6 Å². The van der Waals surface area contributed by atoms with Gasteiger partial charge in [0.15, 0.2) is 23.0 Å². The summed E-state index contributed by atoms with van der Waals surface area (Å²) in [5.41, 5.74) is 1.27. The van der Waals surface area contributed by atoms with Crippen LogP contribution in [0.2, 0.25) is 0 Å². The number of methoxy groups -OCH3 is 2. The number of hydrogen-bond acceptors (Lipinski definition) is 6. The Hall–Kier alpha value is -3.42. The molecule has 0 spiro atoms. The van der Waals surface area contributed by atoms with Crippen LogP contribution in [-0.4, -0.2) is 46.6 Å². The number of carboxylic acid groups (broad SMARTS) is 2. The molecule has 2 atom stereocenters. The highest BCUT2D eigenvalue weighted by atomic mass is 16.5. The largest absolute Gasteiger partial charge is 0.504 e. The standard InChI is InChI=1S/C22H26O8/c1-29-19-6-3-13(11-17(19)23)9-15(5-8-21(25)26)16(22(27)28)10-14-4-7-20(30-2)18(24)12-14/h3-4,6-7,11-12,15-16,23-24H,5,8-10H2,1-2H3,(H,25,26)(H,27,28)/t15-,16-/m1/s1. The van der Waals surface area contributed by atoms with Gasteiger partial charge in [-0.05, 0) is 60.6 Å². The molecule has 4 N–H and O–H groups in total. The van der Waals surface area contributed by atoms with Crippen LogP contribution in [0.15, 0.2) is 36.4 Å². The summed E-state index contributed by atoms with van der Waals surface area (Å²) in [5.74, 6) is -3.05. The molecule has 0 fully saturated rings. The quantitative estimate of drug-likeness (QED) is 0.437. The lowest BCUT2D eigenvalue weighted by molar-refractivity contribution is -0.145. The average Bonchev–Trinajstić information content (AvgIpc) is 2.69. The Morgan fingerprint density at radius 3 is 1.77 bits per heavy atom. The van der Waals surface area contributed by atoms with Gasteiger partial charge in [0, 0.05) is 6.42 Å². The van der Waals surface area contributed by atoms with Crippen LogP contribution >= 0.6 is 0 Å². The molecule has 2 rings (SSSR count). The minimum Gasteiger partial charge on any atom is -0.504 e. The lowest BCUT2D eigenvalue weighted by Crippen LogP contribution is -2.28. The molecular weight excluding hydrogens is 392 g/mol. The second-order valence-electron chi connectivity index (χ2n) is 7.06. The topological polar surface area (TPSA) is 134 Å². The molecule has 162 valence electrons. The van der Waals surface area contributed by atoms with Crippen LogP contribution in [0.25, 0.3) is 0 Å². The average molecular weight is 418 g/mol. The number of phenolic OH excluding ortho intramolecular Hbond substituents is 2. The van der Waals surface area contributed by atoms with Crippen LogP contribution in [0.3, 0.4) is 0 Å². The molecule has 8 heteroatoms. The van der Waals surface area contributed by atoms with Crippen molar-refractivity contribution in [2.45, 2.75) is 25.7 Å². The van der Waals surface area contributed by atoms with E-state index in [1.807, 2.05) is 0 Å². The highest BCUT2D eigenvalue weighted by Gasteiger charge is 2.29. The molecule has 0 saturated carbocycles. The van der Waals surface area contributed by atoms with Gasteiger partial charge in [0.25, 0.3) is 0 Å². The van der Waals surface area contributed by atoms with Gasteiger partial charge in [-0.3, -0.25) is 9.59 Å². The molecule has 0 aliphatic carbocycles. The summed E-state index contributed by atoms with van der Waals surface area (Å²) in [6.07, 6.45) is 0.356. The monoisotopic (exact) mass is 418 g/mol. The van der Waals surface area contributed by atoms with Crippen LogP contribution in [0.5, 0.6) is 23.0 Å². The molecule has 0 bridgehead atoms. The third-order valence-corrected chi connectivity index (χ3v) is 5.06. The third-order valence-electron chi connectivity index (χ3n) is 5.06. The SMILES string of the molecule is COc1ccc(C[C@@H](CCC(=O)O)[C@@H](Cc2ccc(OC)c(O)c2)C(=O)O)cc1O. The summed E-state index contributed by atoms with van der Waals surface area (Å²) < 4.78 is 10.0. The van der Waals surface area contributed by atoms with Crippen molar-refractivity contribution in [2.75, 3.05) is 14.2 Å². The number of benzene rings is 2. The van der Waals surface area contributed by atoms with Gasteiger partial charge in [0.1, 0.15) is 0 Å². The first-order valence-electron chi connectivity index (χ1n) is 9.41. The second-order valence-corrected chi connectivity index (χ2v) is 7.06. The summed E-state index contributed by atoms with van der Waals surface area (Å²) in [7, 11) is 2.84. The van der Waals surface area contributed by atoms with Crippen molar-refractivity contribution in [1.82, 2.24) is 0 Å². The van der Waals surface area contributed by atoms with Crippen LogP contribution < -0.4 is 9.47 Å². The fourth-order valence-electron chi connectivity index (χ4n) is 3.49. The number of carbonyl (C=O) groups is 2. The Bertz CT molecular complexity index is 893. The van der Waals surface area contributed by atoms with E-state index in [-0.39, 0.29) is 42.9 Å². The van der Waals surface area contributed by atoms with Crippen LogP contribution in [0, 0.1) is 11.8 Å². The first kappa shape index (κ1) is 22.9. The van der Waals surface area contributed by atoms with Crippen LogP contribution in [0.4, 0.5) is 0 Å². The van der Waals surface area contributed by atoms with E-state index >= 15 is 0 Å². The van der Waals surface area contributed by atoms with E-state index < -0.39 is 23.8 Å². The molecule has 0 saturated heterocycles. The molecule has 8 nitrogen and oxygen atoms in total. The minimum atomic E-state index is -1.06. The van der Waals surface area contributed by atoms with Gasteiger partial charge in [0.2, 0.25) is 0 Å². The number of aromatic hydroxyl groups is 2. The van der Waals surface area contributed by atoms with Gasteiger partial charge in [-0.15, -0.1) is 0 Å². The lowest BCUT2D eigenvalue weighted by atomic mass is 9.80. The Morgan fingerprint density at radius 1 is 0.867 bits per heavy atom. The van der Waals surface area contributed by atoms with Crippen molar-refractivity contribution in [3.63, 3.8) is 0 Å². The molecule has 0 heterocycles. The molecule has 0 aliphatic rings. The normalized spacial score (nSPS) is 12.7. The van der Waals surface area contributed by atoms with Gasteiger partial charge in [-0.25, -0.2) is 0 Å². The summed E-state index contributed by atoms with van der Waals surface area (Å²) in [6.45, 7) is 0. The first-order valence-corrected chi connectivity index (χ1v) is 9.41. The van der Waals surface area contributed by atoms with E-state index in [1.165, 1.54) is 26.4 Å². The maximum Gasteiger partial charge on any atom is 0.307 e. The lowest BCUT2D eigenvalue weighted by Gasteiger charge is -2.24. The van der Waals surface area contributed by atoms with Gasteiger partial charge in [0.05, 0.1) is 20.1 Å². The van der Waals surface area contributed by atoms with E-state index in [0.29, 0.717) is 16.9 Å². The number of phenols is 2. The number of carboxylic acids is 2. The molecule has 0 aromatic heterocycles. The van der Waals surface area contributed by atoms with E-state index in [9.17, 15) is 24.9 Å². The van der Waals surface area contributed by atoms with E-state index in [0.717, 1.165) is 0 Å². The summed E-state index contributed by atoms with van der Waals surface area (Å²) in [5, 5.41) is 38.9. The smallest absolute Gasteiger partial charge is 0.307 e. The van der Waals surface area contributed by atoms with Gasteiger partial charge < -0.3 is 29.9 Å². The highest BCUT2D eigenvalue weighted by Crippen LogP contribution is 2.33. The molecule has 0 unspecified atom stereocenters. The van der Waals surface area contributed by atoms with Crippen LogP contribution in [-0.2, 0) is 22.4 Å².